The molecule has 7 nitrogen and oxygen atoms in total. The standard InChI is InChI=1S/C20H28N4O3/c25-18(14-17-6-2-1-3-7-17)21-15-19(26)24-12-10-22(11-13-24)16-20(27)23-8-4-5-9-23/h1-3,6-7H,4-5,8-16H2,(H,21,25). The largest absolute Gasteiger partial charge is 0.347 e. The molecule has 0 atom stereocenters. The van der Waals surface area contributed by atoms with Crippen molar-refractivity contribution in [2.75, 3.05) is 52.4 Å². The molecule has 2 fully saturated rings. The van der Waals surface area contributed by atoms with E-state index >= 15 is 0 Å². The van der Waals surface area contributed by atoms with Crippen LogP contribution in [0.5, 0.6) is 0 Å². The molecule has 0 saturated carbocycles. The number of nitrogens with one attached hydrogen (secondary N) is 1. The summed E-state index contributed by atoms with van der Waals surface area (Å²) < 4.78 is 0. The summed E-state index contributed by atoms with van der Waals surface area (Å²) in [4.78, 5) is 42.3. The predicted molar refractivity (Wildman–Crippen MR) is 102 cm³/mol. The molecule has 2 heterocycles. The van der Waals surface area contributed by atoms with Crippen LogP contribution in [-0.2, 0) is 20.8 Å². The number of hydrogen-bond donors (Lipinski definition) is 1. The molecule has 3 rings (SSSR count). The van der Waals surface area contributed by atoms with Crippen LogP contribution in [0.3, 0.4) is 0 Å². The number of hydrogen-bond acceptors (Lipinski definition) is 4. The maximum Gasteiger partial charge on any atom is 0.242 e. The summed E-state index contributed by atoms with van der Waals surface area (Å²) in [6, 6.07) is 9.47. The monoisotopic (exact) mass is 372 g/mol. The second-order valence-corrected chi connectivity index (χ2v) is 7.18. The van der Waals surface area contributed by atoms with E-state index in [1.807, 2.05) is 35.2 Å². The topological polar surface area (TPSA) is 73.0 Å². The van der Waals surface area contributed by atoms with Crippen LogP contribution in [-0.4, -0.2) is 84.8 Å². The van der Waals surface area contributed by atoms with Crippen molar-refractivity contribution in [3.8, 4) is 0 Å². The minimum Gasteiger partial charge on any atom is -0.347 e. The zero-order valence-corrected chi connectivity index (χ0v) is 15.7. The first-order chi connectivity index (χ1) is 13.1. The van der Waals surface area contributed by atoms with Gasteiger partial charge in [-0.2, -0.15) is 0 Å². The molecule has 146 valence electrons. The van der Waals surface area contributed by atoms with Crippen molar-refractivity contribution < 1.29 is 14.4 Å². The van der Waals surface area contributed by atoms with E-state index in [4.69, 9.17) is 0 Å². The highest BCUT2D eigenvalue weighted by atomic mass is 16.2. The quantitative estimate of drug-likeness (QED) is 0.769. The number of likely N-dealkylation sites (tertiary alicyclic amines) is 1. The van der Waals surface area contributed by atoms with Gasteiger partial charge in [0.1, 0.15) is 0 Å². The fourth-order valence-electron chi connectivity index (χ4n) is 3.54. The molecule has 0 aromatic heterocycles. The number of carbonyl (C=O) groups excluding carboxylic acids is 3. The smallest absolute Gasteiger partial charge is 0.242 e. The Hall–Kier alpha value is -2.41. The minimum absolute atomic E-state index is 0.0262. The average Bonchev–Trinajstić information content (AvgIpc) is 3.22. The SMILES string of the molecule is O=C(Cc1ccccc1)NCC(=O)N1CCN(CC(=O)N2CCCC2)CC1. The van der Waals surface area contributed by atoms with Gasteiger partial charge in [0.05, 0.1) is 19.5 Å². The zero-order valence-electron chi connectivity index (χ0n) is 15.7. The Balaban J connectivity index is 1.34. The van der Waals surface area contributed by atoms with Crippen LogP contribution < -0.4 is 5.32 Å². The van der Waals surface area contributed by atoms with Gasteiger partial charge < -0.3 is 15.1 Å². The summed E-state index contributed by atoms with van der Waals surface area (Å²) in [6.45, 7) is 4.81. The van der Waals surface area contributed by atoms with Crippen molar-refractivity contribution in [3.63, 3.8) is 0 Å². The van der Waals surface area contributed by atoms with E-state index in [1.54, 1.807) is 4.90 Å². The second-order valence-electron chi connectivity index (χ2n) is 7.18. The second kappa shape index (κ2) is 9.50. The van der Waals surface area contributed by atoms with Crippen molar-refractivity contribution in [2.24, 2.45) is 0 Å². The third kappa shape index (κ3) is 5.79. The van der Waals surface area contributed by atoms with Crippen LogP contribution >= 0.6 is 0 Å². The van der Waals surface area contributed by atoms with Gasteiger partial charge in [0.25, 0.3) is 0 Å². The fraction of sp³-hybridized carbons (Fsp3) is 0.550. The molecule has 0 bridgehead atoms. The van der Waals surface area contributed by atoms with Crippen molar-refractivity contribution >= 4 is 17.7 Å². The molecular weight excluding hydrogens is 344 g/mol. The first-order valence-corrected chi connectivity index (χ1v) is 9.70. The molecule has 0 radical (unpaired) electrons. The van der Waals surface area contributed by atoms with E-state index in [0.29, 0.717) is 32.7 Å². The van der Waals surface area contributed by atoms with Crippen LogP contribution in [0.1, 0.15) is 18.4 Å². The number of amides is 3. The lowest BCUT2D eigenvalue weighted by Crippen LogP contribution is -2.53. The van der Waals surface area contributed by atoms with Crippen molar-refractivity contribution in [2.45, 2.75) is 19.3 Å². The Morgan fingerprint density at radius 3 is 2.11 bits per heavy atom. The van der Waals surface area contributed by atoms with Gasteiger partial charge >= 0.3 is 0 Å². The molecule has 0 unspecified atom stereocenters. The van der Waals surface area contributed by atoms with E-state index in [2.05, 4.69) is 10.2 Å². The molecule has 2 aliphatic rings. The fourth-order valence-corrected chi connectivity index (χ4v) is 3.54. The number of rotatable bonds is 6. The first-order valence-electron chi connectivity index (χ1n) is 9.70. The molecule has 1 N–H and O–H groups in total. The Morgan fingerprint density at radius 1 is 0.815 bits per heavy atom. The minimum atomic E-state index is -0.149. The van der Waals surface area contributed by atoms with E-state index in [9.17, 15) is 14.4 Å². The van der Waals surface area contributed by atoms with Gasteiger partial charge in [-0.3, -0.25) is 19.3 Å². The van der Waals surface area contributed by atoms with Crippen molar-refractivity contribution in [1.82, 2.24) is 20.0 Å². The normalized spacial score (nSPS) is 17.8. The Kier molecular flexibility index (Phi) is 6.81. The molecule has 27 heavy (non-hydrogen) atoms. The first kappa shape index (κ1) is 19.4. The number of nitrogens with zero attached hydrogens (tertiary/aromatic N) is 3. The van der Waals surface area contributed by atoms with E-state index < -0.39 is 0 Å². The Bertz CT molecular complexity index is 650. The highest BCUT2D eigenvalue weighted by Crippen LogP contribution is 2.09. The van der Waals surface area contributed by atoms with Gasteiger partial charge in [0.15, 0.2) is 0 Å². The lowest BCUT2D eigenvalue weighted by Gasteiger charge is -2.35. The van der Waals surface area contributed by atoms with Gasteiger partial charge in [-0.15, -0.1) is 0 Å². The van der Waals surface area contributed by atoms with Crippen molar-refractivity contribution in [3.05, 3.63) is 35.9 Å². The molecule has 0 aliphatic carbocycles. The summed E-state index contributed by atoms with van der Waals surface area (Å²) in [5, 5.41) is 2.70. The van der Waals surface area contributed by atoms with Gasteiger partial charge in [0, 0.05) is 39.3 Å². The maximum absolute atomic E-state index is 12.3. The highest BCUT2D eigenvalue weighted by molar-refractivity contribution is 5.85. The molecule has 1 aromatic rings. The molecule has 1 aromatic carbocycles. The van der Waals surface area contributed by atoms with E-state index in [1.165, 1.54) is 0 Å². The highest BCUT2D eigenvalue weighted by Gasteiger charge is 2.25. The summed E-state index contributed by atoms with van der Waals surface area (Å²) in [5.41, 5.74) is 0.929. The van der Waals surface area contributed by atoms with Crippen molar-refractivity contribution in [1.29, 1.82) is 0 Å². The van der Waals surface area contributed by atoms with E-state index in [0.717, 1.165) is 31.5 Å². The molecule has 7 heteroatoms. The van der Waals surface area contributed by atoms with Crippen LogP contribution in [0, 0.1) is 0 Å². The van der Waals surface area contributed by atoms with Gasteiger partial charge in [0.2, 0.25) is 17.7 Å². The lowest BCUT2D eigenvalue weighted by atomic mass is 10.1. The van der Waals surface area contributed by atoms with Crippen LogP contribution in [0.2, 0.25) is 0 Å². The maximum atomic E-state index is 12.3. The zero-order chi connectivity index (χ0) is 19.1. The third-order valence-corrected chi connectivity index (χ3v) is 5.19. The van der Waals surface area contributed by atoms with Gasteiger partial charge in [-0.05, 0) is 18.4 Å². The molecule has 3 amide bonds. The summed E-state index contributed by atoms with van der Waals surface area (Å²) in [5.74, 6) is -0.0215. The van der Waals surface area contributed by atoms with Gasteiger partial charge in [-0.25, -0.2) is 0 Å². The van der Waals surface area contributed by atoms with Gasteiger partial charge in [-0.1, -0.05) is 30.3 Å². The van der Waals surface area contributed by atoms with Crippen LogP contribution in [0.4, 0.5) is 0 Å². The number of carbonyl (C=O) groups is 3. The Morgan fingerprint density at radius 2 is 1.44 bits per heavy atom. The molecule has 2 aliphatic heterocycles. The number of benzene rings is 1. The summed E-state index contributed by atoms with van der Waals surface area (Å²) >= 11 is 0. The molecule has 0 spiro atoms. The third-order valence-electron chi connectivity index (χ3n) is 5.19. The molecule has 2 saturated heterocycles. The molecular formula is C20H28N4O3. The number of piperazine rings is 1. The lowest BCUT2D eigenvalue weighted by molar-refractivity contribution is -0.135. The van der Waals surface area contributed by atoms with E-state index in [-0.39, 0.29) is 30.7 Å². The summed E-state index contributed by atoms with van der Waals surface area (Å²) in [6.07, 6.45) is 2.48. The predicted octanol–water partition coefficient (Wildman–Crippen LogP) is 0.112. The van der Waals surface area contributed by atoms with Crippen LogP contribution in [0.15, 0.2) is 30.3 Å². The average molecular weight is 372 g/mol. The Labute approximate surface area is 160 Å². The van der Waals surface area contributed by atoms with Crippen LogP contribution in [0.25, 0.3) is 0 Å². The summed E-state index contributed by atoms with van der Waals surface area (Å²) in [7, 11) is 0.